The number of rotatable bonds is 8. The third-order valence-corrected chi connectivity index (χ3v) is 5.03. The van der Waals surface area contributed by atoms with E-state index in [4.69, 9.17) is 17.0 Å². The number of ether oxygens (including phenoxy) is 1. The van der Waals surface area contributed by atoms with E-state index in [9.17, 15) is 9.90 Å². The van der Waals surface area contributed by atoms with Gasteiger partial charge in [-0.2, -0.15) is 0 Å². The van der Waals surface area contributed by atoms with Gasteiger partial charge in [-0.3, -0.25) is 4.79 Å². The maximum atomic E-state index is 12.6. The molecule has 0 amide bonds. The molecule has 0 saturated carbocycles. The number of nitrogens with zero attached hydrogens (tertiary/aromatic N) is 1. The fourth-order valence-corrected chi connectivity index (χ4v) is 3.44. The van der Waals surface area contributed by atoms with Crippen molar-refractivity contribution in [3.8, 4) is 5.75 Å². The predicted octanol–water partition coefficient (Wildman–Crippen LogP) is 3.18. The molecule has 1 heterocycles. The fourth-order valence-electron chi connectivity index (χ4n) is 3.23. The van der Waals surface area contributed by atoms with Gasteiger partial charge in [0.15, 0.2) is 5.11 Å². The van der Waals surface area contributed by atoms with Crippen LogP contribution in [0.15, 0.2) is 59.4 Å². The highest BCUT2D eigenvalue weighted by Crippen LogP contribution is 2.19. The number of fused-ring (bicyclic) bond motifs is 1. The highest BCUT2D eigenvalue weighted by atomic mass is 32.1. The Morgan fingerprint density at radius 3 is 2.70 bits per heavy atom. The molecular formula is C23H27N3O3S. The first-order valence-corrected chi connectivity index (χ1v) is 10.4. The Balaban J connectivity index is 1.80. The largest absolute Gasteiger partial charge is 0.494 e. The van der Waals surface area contributed by atoms with Gasteiger partial charge in [-0.1, -0.05) is 30.3 Å². The van der Waals surface area contributed by atoms with Crippen molar-refractivity contribution in [2.45, 2.75) is 33.0 Å². The molecule has 0 saturated heterocycles. The molecule has 1 aromatic heterocycles. The normalized spacial score (nSPS) is 11.8. The van der Waals surface area contributed by atoms with Crippen molar-refractivity contribution < 1.29 is 9.84 Å². The molecule has 3 N–H and O–H groups in total. The molecule has 3 aromatic rings. The van der Waals surface area contributed by atoms with E-state index in [1.165, 1.54) is 0 Å². The van der Waals surface area contributed by atoms with Crippen LogP contribution in [0.5, 0.6) is 5.75 Å². The maximum absolute atomic E-state index is 12.6. The van der Waals surface area contributed by atoms with Crippen LogP contribution < -0.4 is 15.6 Å². The first-order chi connectivity index (χ1) is 14.5. The van der Waals surface area contributed by atoms with Gasteiger partial charge in [-0.05, 0) is 55.9 Å². The number of H-pyrrole nitrogens is 1. The molecule has 0 aliphatic carbocycles. The lowest BCUT2D eigenvalue weighted by Gasteiger charge is -2.27. The number of benzene rings is 2. The molecule has 0 fully saturated rings. The van der Waals surface area contributed by atoms with Gasteiger partial charge in [0.1, 0.15) is 5.75 Å². The second-order valence-corrected chi connectivity index (χ2v) is 7.57. The van der Waals surface area contributed by atoms with E-state index in [0.717, 1.165) is 22.2 Å². The molecule has 2 aromatic carbocycles. The summed E-state index contributed by atoms with van der Waals surface area (Å²) in [5.41, 5.74) is 2.25. The van der Waals surface area contributed by atoms with E-state index in [0.29, 0.717) is 30.4 Å². The second kappa shape index (κ2) is 10.2. The maximum Gasteiger partial charge on any atom is 0.253 e. The average Bonchev–Trinajstić information content (AvgIpc) is 2.73. The van der Waals surface area contributed by atoms with Gasteiger partial charge in [0.05, 0.1) is 19.3 Å². The quantitative estimate of drug-likeness (QED) is 0.481. The van der Waals surface area contributed by atoms with Gasteiger partial charge in [0.25, 0.3) is 5.56 Å². The summed E-state index contributed by atoms with van der Waals surface area (Å²) in [7, 11) is 0. The molecule has 1 atom stereocenters. The number of thiocarbonyl (C=S) groups is 1. The van der Waals surface area contributed by atoms with Gasteiger partial charge >= 0.3 is 0 Å². The zero-order valence-electron chi connectivity index (χ0n) is 17.2. The monoisotopic (exact) mass is 425 g/mol. The lowest BCUT2D eigenvalue weighted by molar-refractivity contribution is 0.156. The van der Waals surface area contributed by atoms with Crippen LogP contribution >= 0.6 is 12.2 Å². The molecule has 0 spiro atoms. The average molecular weight is 426 g/mol. The fraction of sp³-hybridized carbons (Fsp3) is 0.304. The van der Waals surface area contributed by atoms with Crippen LogP contribution in [0.2, 0.25) is 0 Å². The number of aliphatic hydroxyl groups excluding tert-OH is 1. The standard InChI is InChI=1S/C23H27N3O3S/c1-3-29-20-9-10-21-18(12-20)11-19(22(28)25-21)15-26(14-16(2)27)23(30)24-13-17-7-5-4-6-8-17/h4-12,16,27H,3,13-15H2,1-2H3,(H,24,30)(H,25,28)/t16-/m1/s1. The van der Waals surface area contributed by atoms with E-state index in [-0.39, 0.29) is 12.1 Å². The third kappa shape index (κ3) is 5.81. The van der Waals surface area contributed by atoms with E-state index >= 15 is 0 Å². The molecule has 0 aliphatic rings. The van der Waals surface area contributed by atoms with Crippen molar-refractivity contribution in [3.05, 3.63) is 76.1 Å². The lowest BCUT2D eigenvalue weighted by atomic mass is 10.1. The van der Waals surface area contributed by atoms with Gasteiger partial charge in [-0.25, -0.2) is 0 Å². The first kappa shape index (κ1) is 21.8. The van der Waals surface area contributed by atoms with Gasteiger partial charge in [-0.15, -0.1) is 0 Å². The SMILES string of the molecule is CCOc1ccc2[nH]c(=O)c(CN(C[C@@H](C)O)C(=S)NCc3ccccc3)cc2c1. The number of pyridine rings is 1. The zero-order chi connectivity index (χ0) is 21.5. The molecule has 0 bridgehead atoms. The summed E-state index contributed by atoms with van der Waals surface area (Å²) in [5, 5.41) is 14.5. The Morgan fingerprint density at radius 1 is 1.23 bits per heavy atom. The van der Waals surface area contributed by atoms with Crippen molar-refractivity contribution in [1.82, 2.24) is 15.2 Å². The van der Waals surface area contributed by atoms with Crippen LogP contribution in [-0.2, 0) is 13.1 Å². The van der Waals surface area contributed by atoms with Crippen molar-refractivity contribution in [1.29, 1.82) is 0 Å². The minimum absolute atomic E-state index is 0.173. The van der Waals surface area contributed by atoms with Crippen molar-refractivity contribution in [2.75, 3.05) is 13.2 Å². The summed E-state index contributed by atoms with van der Waals surface area (Å²) < 4.78 is 5.56. The van der Waals surface area contributed by atoms with Crippen LogP contribution in [0.3, 0.4) is 0 Å². The lowest BCUT2D eigenvalue weighted by Crippen LogP contribution is -2.43. The van der Waals surface area contributed by atoms with Crippen LogP contribution in [0.1, 0.15) is 25.0 Å². The highest BCUT2D eigenvalue weighted by molar-refractivity contribution is 7.80. The van der Waals surface area contributed by atoms with Crippen molar-refractivity contribution in [2.24, 2.45) is 0 Å². The third-order valence-electron chi connectivity index (χ3n) is 4.62. The number of hydrogen-bond acceptors (Lipinski definition) is 4. The number of hydrogen-bond donors (Lipinski definition) is 3. The molecule has 7 heteroatoms. The Hall–Kier alpha value is -2.90. The van der Waals surface area contributed by atoms with Crippen LogP contribution in [-0.4, -0.2) is 39.4 Å². The topological polar surface area (TPSA) is 77.6 Å². The van der Waals surface area contributed by atoms with Crippen molar-refractivity contribution >= 4 is 28.2 Å². The van der Waals surface area contributed by atoms with Crippen LogP contribution in [0.4, 0.5) is 0 Å². The summed E-state index contributed by atoms with van der Waals surface area (Å²) >= 11 is 5.56. The number of aliphatic hydroxyl groups is 1. The molecule has 0 radical (unpaired) electrons. The number of aromatic amines is 1. The second-order valence-electron chi connectivity index (χ2n) is 7.18. The molecule has 0 unspecified atom stereocenters. The summed E-state index contributed by atoms with van der Waals surface area (Å²) in [6, 6.07) is 17.4. The summed E-state index contributed by atoms with van der Waals surface area (Å²) in [4.78, 5) is 17.4. The Labute approximate surface area is 181 Å². The summed E-state index contributed by atoms with van der Waals surface area (Å²) in [6.45, 7) is 5.38. The van der Waals surface area contributed by atoms with Crippen LogP contribution in [0.25, 0.3) is 10.9 Å². The van der Waals surface area contributed by atoms with E-state index in [1.807, 2.05) is 66.4 Å². The molecule has 0 aliphatic heterocycles. The molecule has 158 valence electrons. The Bertz CT molecular complexity index is 1050. The Morgan fingerprint density at radius 2 is 2.00 bits per heavy atom. The van der Waals surface area contributed by atoms with Gasteiger partial charge < -0.3 is 25.0 Å². The molecule has 6 nitrogen and oxygen atoms in total. The molecule has 3 rings (SSSR count). The smallest absolute Gasteiger partial charge is 0.253 e. The van der Waals surface area contributed by atoms with E-state index < -0.39 is 6.10 Å². The van der Waals surface area contributed by atoms with Gasteiger partial charge in [0.2, 0.25) is 0 Å². The number of aromatic nitrogens is 1. The highest BCUT2D eigenvalue weighted by Gasteiger charge is 2.15. The van der Waals surface area contributed by atoms with Crippen molar-refractivity contribution in [3.63, 3.8) is 0 Å². The van der Waals surface area contributed by atoms with E-state index in [1.54, 1.807) is 6.92 Å². The van der Waals surface area contributed by atoms with Crippen LogP contribution in [0, 0.1) is 0 Å². The summed E-state index contributed by atoms with van der Waals surface area (Å²) in [5.74, 6) is 0.754. The van der Waals surface area contributed by atoms with Gasteiger partial charge in [0, 0.05) is 29.6 Å². The first-order valence-electron chi connectivity index (χ1n) is 9.99. The van der Waals surface area contributed by atoms with E-state index in [2.05, 4.69) is 10.3 Å². The minimum Gasteiger partial charge on any atom is -0.494 e. The zero-order valence-corrected chi connectivity index (χ0v) is 18.0. The summed E-state index contributed by atoms with van der Waals surface area (Å²) in [6.07, 6.45) is -0.592. The molecular weight excluding hydrogens is 398 g/mol. The Kier molecular flexibility index (Phi) is 7.43. The molecule has 30 heavy (non-hydrogen) atoms. The predicted molar refractivity (Wildman–Crippen MR) is 124 cm³/mol. The number of nitrogens with one attached hydrogen (secondary N) is 2. The minimum atomic E-state index is -0.592.